The van der Waals surface area contributed by atoms with Gasteiger partial charge in [-0.2, -0.15) is 11.8 Å². The standard InChI is InChI=1S/C15H32N2O4.C5H8N2OS/c1-2-3-6-15(18)17-8-5-10-20-12-14-21-13-11-19-9-4-7-16;8-5-6-3-1-9-2-4(3)7-5/h2-14,16H2,1H3,(H,17,18);3-4H,1-2H2,(H2,6,7,8). The van der Waals surface area contributed by atoms with Crippen molar-refractivity contribution < 1.29 is 23.8 Å². The van der Waals surface area contributed by atoms with Gasteiger partial charge in [-0.05, 0) is 25.8 Å². The molecule has 2 fully saturated rings. The summed E-state index contributed by atoms with van der Waals surface area (Å²) in [5.41, 5.74) is 5.35. The summed E-state index contributed by atoms with van der Waals surface area (Å²) in [6.45, 7) is 7.09. The summed E-state index contributed by atoms with van der Waals surface area (Å²) in [6, 6.07) is 0.815. The molecule has 2 heterocycles. The Labute approximate surface area is 184 Å². The number of hydrogen-bond acceptors (Lipinski definition) is 7. The maximum absolute atomic E-state index is 11.3. The third kappa shape index (κ3) is 14.0. The van der Waals surface area contributed by atoms with Gasteiger partial charge in [-0.25, -0.2) is 4.79 Å². The number of rotatable bonds is 16. The molecule has 0 radical (unpaired) electrons. The number of unbranched alkanes of at least 4 members (excludes halogenated alkanes) is 1. The molecule has 30 heavy (non-hydrogen) atoms. The number of nitrogens with two attached hydrogens (primary N) is 1. The van der Waals surface area contributed by atoms with Gasteiger partial charge in [-0.1, -0.05) is 13.3 Å². The average Bonchev–Trinajstić information content (AvgIpc) is 3.31. The summed E-state index contributed by atoms with van der Waals surface area (Å²) < 4.78 is 16.1. The molecule has 5 N–H and O–H groups in total. The fourth-order valence-corrected chi connectivity index (χ4v) is 4.05. The van der Waals surface area contributed by atoms with Crippen LogP contribution in [0.1, 0.15) is 39.0 Å². The zero-order valence-electron chi connectivity index (χ0n) is 18.3. The van der Waals surface area contributed by atoms with Crippen molar-refractivity contribution in [3.63, 3.8) is 0 Å². The lowest BCUT2D eigenvalue weighted by Gasteiger charge is -2.07. The highest BCUT2D eigenvalue weighted by Crippen LogP contribution is 2.20. The number of nitrogens with one attached hydrogen (secondary N) is 3. The summed E-state index contributed by atoms with van der Waals surface area (Å²) >= 11 is 1.89. The van der Waals surface area contributed by atoms with Crippen LogP contribution in [-0.2, 0) is 19.0 Å². The summed E-state index contributed by atoms with van der Waals surface area (Å²) in [5.74, 6) is 2.28. The van der Waals surface area contributed by atoms with Crippen molar-refractivity contribution in [2.45, 2.75) is 51.1 Å². The molecule has 2 rings (SSSR count). The van der Waals surface area contributed by atoms with Crippen LogP contribution >= 0.6 is 11.8 Å². The van der Waals surface area contributed by atoms with E-state index in [1.54, 1.807) is 0 Å². The van der Waals surface area contributed by atoms with Crippen molar-refractivity contribution in [3.8, 4) is 0 Å². The minimum atomic E-state index is 0.00491. The van der Waals surface area contributed by atoms with Gasteiger partial charge in [0.05, 0.1) is 38.5 Å². The molecule has 10 heteroatoms. The van der Waals surface area contributed by atoms with Crippen LogP contribution in [0.15, 0.2) is 0 Å². The second-order valence-electron chi connectivity index (χ2n) is 7.15. The molecule has 2 aliphatic heterocycles. The maximum atomic E-state index is 11.3. The lowest BCUT2D eigenvalue weighted by Crippen LogP contribution is -2.31. The first-order chi connectivity index (χ1) is 14.7. The molecule has 9 nitrogen and oxygen atoms in total. The minimum absolute atomic E-state index is 0.00491. The van der Waals surface area contributed by atoms with Crippen molar-refractivity contribution >= 4 is 23.7 Å². The topological polar surface area (TPSA) is 124 Å². The summed E-state index contributed by atoms with van der Waals surface area (Å²) in [7, 11) is 0. The lowest BCUT2D eigenvalue weighted by atomic mass is 10.2. The average molecular weight is 449 g/mol. The highest BCUT2D eigenvalue weighted by Gasteiger charge is 2.35. The Morgan fingerprint density at radius 2 is 1.57 bits per heavy atom. The number of fused-ring (bicyclic) bond motifs is 1. The predicted molar refractivity (Wildman–Crippen MR) is 120 cm³/mol. The van der Waals surface area contributed by atoms with E-state index in [-0.39, 0.29) is 11.9 Å². The SMILES string of the molecule is CCCCC(=O)NCCCOCCOCCOCCCN.O=C1NC2CSCC2N1. The van der Waals surface area contributed by atoms with Gasteiger partial charge in [0.15, 0.2) is 0 Å². The highest BCUT2D eigenvalue weighted by molar-refractivity contribution is 7.99. The van der Waals surface area contributed by atoms with E-state index < -0.39 is 0 Å². The smallest absolute Gasteiger partial charge is 0.315 e. The molecule has 0 aromatic rings. The molecule has 176 valence electrons. The summed E-state index contributed by atoms with van der Waals surface area (Å²) in [6.07, 6.45) is 4.35. The third-order valence-electron chi connectivity index (χ3n) is 4.50. The van der Waals surface area contributed by atoms with Crippen LogP contribution in [0.2, 0.25) is 0 Å². The van der Waals surface area contributed by atoms with E-state index in [1.165, 1.54) is 0 Å². The van der Waals surface area contributed by atoms with E-state index in [0.29, 0.717) is 71.2 Å². The Balaban J connectivity index is 0.000000405. The van der Waals surface area contributed by atoms with Crippen molar-refractivity contribution in [2.75, 3.05) is 64.2 Å². The van der Waals surface area contributed by atoms with Crippen molar-refractivity contribution in [3.05, 3.63) is 0 Å². The molecule has 0 aromatic carbocycles. The Morgan fingerprint density at radius 1 is 1.00 bits per heavy atom. The number of ether oxygens (including phenoxy) is 3. The molecular formula is C20H40N4O5S. The molecule has 3 amide bonds. The van der Waals surface area contributed by atoms with E-state index in [4.69, 9.17) is 19.9 Å². The molecule has 0 saturated carbocycles. The van der Waals surface area contributed by atoms with Crippen LogP contribution in [0.3, 0.4) is 0 Å². The van der Waals surface area contributed by atoms with Gasteiger partial charge in [-0.3, -0.25) is 4.79 Å². The van der Waals surface area contributed by atoms with Crippen LogP contribution in [0.25, 0.3) is 0 Å². The molecule has 0 aromatic heterocycles. The van der Waals surface area contributed by atoms with E-state index in [2.05, 4.69) is 22.9 Å². The van der Waals surface area contributed by atoms with Gasteiger partial charge < -0.3 is 35.9 Å². The summed E-state index contributed by atoms with van der Waals surface area (Å²) in [5, 5.41) is 8.57. The quantitative estimate of drug-likeness (QED) is 0.204. The first-order valence-electron chi connectivity index (χ1n) is 11.0. The summed E-state index contributed by atoms with van der Waals surface area (Å²) in [4.78, 5) is 21.9. The monoisotopic (exact) mass is 448 g/mol. The van der Waals surface area contributed by atoms with Gasteiger partial charge >= 0.3 is 6.03 Å². The van der Waals surface area contributed by atoms with E-state index in [1.807, 2.05) is 11.8 Å². The molecule has 2 saturated heterocycles. The minimum Gasteiger partial charge on any atom is -0.379 e. The largest absolute Gasteiger partial charge is 0.379 e. The van der Waals surface area contributed by atoms with E-state index in [0.717, 1.165) is 37.2 Å². The molecule has 0 spiro atoms. The first-order valence-corrected chi connectivity index (χ1v) is 12.2. The number of carbonyl (C=O) groups excluding carboxylic acids is 2. The number of carbonyl (C=O) groups is 2. The van der Waals surface area contributed by atoms with Crippen LogP contribution in [-0.4, -0.2) is 88.3 Å². The van der Waals surface area contributed by atoms with Crippen LogP contribution in [0.4, 0.5) is 4.79 Å². The molecule has 0 aliphatic carbocycles. The molecule has 2 unspecified atom stereocenters. The second kappa shape index (κ2) is 18.7. The van der Waals surface area contributed by atoms with Gasteiger partial charge in [0, 0.05) is 37.7 Å². The molecule has 0 bridgehead atoms. The third-order valence-corrected chi connectivity index (χ3v) is 5.68. The lowest BCUT2D eigenvalue weighted by molar-refractivity contribution is -0.121. The Bertz CT molecular complexity index is 445. The Morgan fingerprint density at radius 3 is 2.13 bits per heavy atom. The van der Waals surface area contributed by atoms with Gasteiger partial charge in [0.2, 0.25) is 5.91 Å². The van der Waals surface area contributed by atoms with Crippen molar-refractivity contribution in [1.82, 2.24) is 16.0 Å². The zero-order chi connectivity index (χ0) is 21.9. The van der Waals surface area contributed by atoms with Crippen molar-refractivity contribution in [1.29, 1.82) is 0 Å². The van der Waals surface area contributed by atoms with Gasteiger partial charge in [-0.15, -0.1) is 0 Å². The Hall–Kier alpha value is -1.07. The Kier molecular flexibility index (Phi) is 16.8. The zero-order valence-corrected chi connectivity index (χ0v) is 19.1. The number of thioether (sulfide) groups is 1. The number of hydrogen-bond donors (Lipinski definition) is 4. The number of urea groups is 1. The van der Waals surface area contributed by atoms with Gasteiger partial charge in [0.1, 0.15) is 0 Å². The van der Waals surface area contributed by atoms with E-state index >= 15 is 0 Å². The first kappa shape index (κ1) is 27.0. The van der Waals surface area contributed by atoms with Crippen LogP contribution < -0.4 is 21.7 Å². The van der Waals surface area contributed by atoms with Gasteiger partial charge in [0.25, 0.3) is 0 Å². The second-order valence-corrected chi connectivity index (χ2v) is 8.23. The highest BCUT2D eigenvalue weighted by atomic mass is 32.2. The van der Waals surface area contributed by atoms with Crippen LogP contribution in [0.5, 0.6) is 0 Å². The predicted octanol–water partition coefficient (Wildman–Crippen LogP) is 0.865. The van der Waals surface area contributed by atoms with Crippen molar-refractivity contribution in [2.24, 2.45) is 5.73 Å². The molecule has 2 aliphatic rings. The molecular weight excluding hydrogens is 408 g/mol. The van der Waals surface area contributed by atoms with Crippen LogP contribution in [0, 0.1) is 0 Å². The number of amides is 3. The molecule has 2 atom stereocenters. The maximum Gasteiger partial charge on any atom is 0.315 e. The normalized spacial score (nSPS) is 19.5. The fraction of sp³-hybridized carbons (Fsp3) is 0.900. The van der Waals surface area contributed by atoms with E-state index in [9.17, 15) is 9.59 Å². The fourth-order valence-electron chi connectivity index (χ4n) is 2.77.